The molecule has 24 heavy (non-hydrogen) atoms. The third kappa shape index (κ3) is 4.96. The van der Waals surface area contributed by atoms with Gasteiger partial charge in [0.25, 0.3) is 0 Å². The molecule has 1 aromatic rings. The van der Waals surface area contributed by atoms with Gasteiger partial charge in [0.2, 0.25) is 11.8 Å². The summed E-state index contributed by atoms with van der Waals surface area (Å²) in [4.78, 5) is 25.6. The van der Waals surface area contributed by atoms with Gasteiger partial charge in [-0.15, -0.1) is 0 Å². The van der Waals surface area contributed by atoms with Crippen LogP contribution in [0.2, 0.25) is 0 Å². The summed E-state index contributed by atoms with van der Waals surface area (Å²) in [5.41, 5.74) is 6.90. The zero-order valence-electron chi connectivity index (χ0n) is 14.3. The maximum Gasteiger partial charge on any atom is 0.227 e. The average Bonchev–Trinajstić information content (AvgIpc) is 3.00. The van der Waals surface area contributed by atoms with Crippen molar-refractivity contribution in [3.05, 3.63) is 18.2 Å². The predicted molar refractivity (Wildman–Crippen MR) is 95.4 cm³/mol. The van der Waals surface area contributed by atoms with Crippen LogP contribution in [0.1, 0.15) is 44.9 Å². The van der Waals surface area contributed by atoms with Crippen LogP contribution >= 0.6 is 0 Å². The van der Waals surface area contributed by atoms with Crippen molar-refractivity contribution in [3.63, 3.8) is 0 Å². The molecule has 0 atom stereocenters. The van der Waals surface area contributed by atoms with Crippen LogP contribution in [0.5, 0.6) is 5.75 Å². The molecule has 6 heteroatoms. The minimum atomic E-state index is -0.00481. The Balaban J connectivity index is 1.92. The molecule has 2 amide bonds. The monoisotopic (exact) mass is 333 g/mol. The molecule has 2 rings (SSSR count). The van der Waals surface area contributed by atoms with Crippen molar-refractivity contribution in [3.8, 4) is 5.75 Å². The maximum atomic E-state index is 12.0. The fourth-order valence-corrected chi connectivity index (χ4v) is 2.89. The second kappa shape index (κ2) is 9.27. The Morgan fingerprint density at radius 2 is 2.08 bits per heavy atom. The number of carbonyl (C=O) groups excluding carboxylic acids is 2. The summed E-state index contributed by atoms with van der Waals surface area (Å²) >= 11 is 0. The Bertz CT molecular complexity index is 575. The van der Waals surface area contributed by atoms with Crippen molar-refractivity contribution in [1.29, 1.82) is 0 Å². The van der Waals surface area contributed by atoms with Gasteiger partial charge in [-0.05, 0) is 37.9 Å². The van der Waals surface area contributed by atoms with Crippen LogP contribution < -0.4 is 20.7 Å². The average molecular weight is 333 g/mol. The topological polar surface area (TPSA) is 84.7 Å². The molecule has 1 aliphatic rings. The Labute approximate surface area is 143 Å². The number of carbonyl (C=O) groups is 2. The Hall–Kier alpha value is -2.08. The van der Waals surface area contributed by atoms with E-state index in [2.05, 4.69) is 5.32 Å². The molecule has 0 spiro atoms. The fraction of sp³-hybridized carbons (Fsp3) is 0.556. The molecule has 6 nitrogen and oxygen atoms in total. The number of amides is 2. The summed E-state index contributed by atoms with van der Waals surface area (Å²) in [7, 11) is 1.57. The first-order valence-corrected chi connectivity index (χ1v) is 8.64. The Morgan fingerprint density at radius 3 is 2.75 bits per heavy atom. The lowest BCUT2D eigenvalue weighted by atomic mass is 10.1. The first kappa shape index (κ1) is 18.3. The van der Waals surface area contributed by atoms with Gasteiger partial charge in [-0.1, -0.05) is 12.8 Å². The van der Waals surface area contributed by atoms with Crippen LogP contribution in [-0.2, 0) is 9.59 Å². The Morgan fingerprint density at radius 1 is 1.29 bits per heavy atom. The van der Waals surface area contributed by atoms with E-state index in [1.54, 1.807) is 18.1 Å². The number of anilines is 2. The van der Waals surface area contributed by atoms with E-state index in [1.807, 2.05) is 12.1 Å². The number of rotatable bonds is 9. The molecular weight excluding hydrogens is 306 g/mol. The minimum Gasteiger partial charge on any atom is -0.494 e. The molecule has 0 bridgehead atoms. The molecule has 132 valence electrons. The van der Waals surface area contributed by atoms with Gasteiger partial charge in [-0.3, -0.25) is 9.59 Å². The molecule has 1 heterocycles. The number of nitrogens with zero attached hydrogens (tertiary/aromatic N) is 1. The molecular formula is C18H27N3O3. The summed E-state index contributed by atoms with van der Waals surface area (Å²) in [6, 6.07) is 5.42. The van der Waals surface area contributed by atoms with Crippen LogP contribution in [0.4, 0.5) is 11.4 Å². The van der Waals surface area contributed by atoms with Gasteiger partial charge in [-0.2, -0.15) is 0 Å². The number of nitrogens with one attached hydrogen (secondary N) is 1. The Kier molecular flexibility index (Phi) is 7.06. The van der Waals surface area contributed by atoms with Gasteiger partial charge in [0.05, 0.1) is 12.8 Å². The van der Waals surface area contributed by atoms with Crippen LogP contribution in [0, 0.1) is 0 Å². The van der Waals surface area contributed by atoms with E-state index >= 15 is 0 Å². The standard InChI is InChI=1S/C18H27N3O3/c1-24-16-13-14(20-17(22)7-4-2-3-5-11-19)9-10-15(16)21-12-6-8-18(21)23/h9-10,13H,2-8,11-12,19H2,1H3,(H,20,22). The first-order valence-electron chi connectivity index (χ1n) is 8.64. The van der Waals surface area contributed by atoms with Crippen molar-refractivity contribution in [2.45, 2.75) is 44.9 Å². The van der Waals surface area contributed by atoms with Gasteiger partial charge >= 0.3 is 0 Å². The van der Waals surface area contributed by atoms with E-state index in [1.165, 1.54) is 0 Å². The highest BCUT2D eigenvalue weighted by Crippen LogP contribution is 2.33. The lowest BCUT2D eigenvalue weighted by Crippen LogP contribution is -2.24. The maximum absolute atomic E-state index is 12.0. The van der Waals surface area contributed by atoms with Gasteiger partial charge < -0.3 is 20.7 Å². The zero-order valence-corrected chi connectivity index (χ0v) is 14.3. The number of unbranched alkanes of at least 4 members (excludes halogenated alkanes) is 3. The summed E-state index contributed by atoms with van der Waals surface area (Å²) in [6.07, 6.45) is 5.90. The first-order chi connectivity index (χ1) is 11.7. The van der Waals surface area contributed by atoms with Gasteiger partial charge in [0, 0.05) is 31.1 Å². The second-order valence-electron chi connectivity index (χ2n) is 6.04. The molecule has 0 aliphatic carbocycles. The third-order valence-electron chi connectivity index (χ3n) is 4.19. The van der Waals surface area contributed by atoms with Crippen molar-refractivity contribution >= 4 is 23.2 Å². The fourth-order valence-electron chi connectivity index (χ4n) is 2.89. The zero-order chi connectivity index (χ0) is 17.4. The summed E-state index contributed by atoms with van der Waals surface area (Å²) < 4.78 is 5.40. The predicted octanol–water partition coefficient (Wildman–Crippen LogP) is 2.67. The van der Waals surface area contributed by atoms with Crippen molar-refractivity contribution in [1.82, 2.24) is 0 Å². The smallest absolute Gasteiger partial charge is 0.227 e. The van der Waals surface area contributed by atoms with Gasteiger partial charge in [-0.25, -0.2) is 0 Å². The summed E-state index contributed by atoms with van der Waals surface area (Å²) in [5, 5.41) is 2.89. The van der Waals surface area contributed by atoms with E-state index in [4.69, 9.17) is 10.5 Å². The SMILES string of the molecule is COc1cc(NC(=O)CCCCCCN)ccc1N1CCCC1=O. The number of benzene rings is 1. The van der Waals surface area contributed by atoms with Crippen molar-refractivity contribution in [2.24, 2.45) is 5.73 Å². The lowest BCUT2D eigenvalue weighted by Gasteiger charge is -2.19. The molecule has 3 N–H and O–H groups in total. The highest BCUT2D eigenvalue weighted by atomic mass is 16.5. The highest BCUT2D eigenvalue weighted by Gasteiger charge is 2.24. The highest BCUT2D eigenvalue weighted by molar-refractivity contribution is 5.97. The third-order valence-corrected chi connectivity index (χ3v) is 4.19. The molecule has 0 saturated carbocycles. The quantitative estimate of drug-likeness (QED) is 0.680. The summed E-state index contributed by atoms with van der Waals surface area (Å²) in [6.45, 7) is 1.42. The normalized spacial score (nSPS) is 14.1. The number of hydrogen-bond donors (Lipinski definition) is 2. The molecule has 1 aromatic carbocycles. The van der Waals surface area contributed by atoms with Crippen LogP contribution in [0.25, 0.3) is 0 Å². The van der Waals surface area contributed by atoms with E-state index < -0.39 is 0 Å². The number of hydrogen-bond acceptors (Lipinski definition) is 4. The lowest BCUT2D eigenvalue weighted by molar-refractivity contribution is -0.117. The molecule has 1 saturated heterocycles. The number of ether oxygens (including phenoxy) is 1. The molecule has 1 fully saturated rings. The van der Waals surface area contributed by atoms with Gasteiger partial charge in [0.1, 0.15) is 5.75 Å². The van der Waals surface area contributed by atoms with E-state index in [-0.39, 0.29) is 11.8 Å². The van der Waals surface area contributed by atoms with Gasteiger partial charge in [0.15, 0.2) is 0 Å². The molecule has 0 aromatic heterocycles. The van der Waals surface area contributed by atoms with Crippen molar-refractivity contribution < 1.29 is 14.3 Å². The molecule has 0 unspecified atom stereocenters. The second-order valence-corrected chi connectivity index (χ2v) is 6.04. The van der Waals surface area contributed by atoms with E-state index in [0.29, 0.717) is 37.4 Å². The molecule has 1 aliphatic heterocycles. The van der Waals surface area contributed by atoms with E-state index in [9.17, 15) is 9.59 Å². The summed E-state index contributed by atoms with van der Waals surface area (Å²) in [5.74, 6) is 0.711. The molecule has 0 radical (unpaired) electrons. The van der Waals surface area contributed by atoms with Crippen LogP contribution in [0.3, 0.4) is 0 Å². The minimum absolute atomic E-state index is 0.00481. The largest absolute Gasteiger partial charge is 0.494 e. The number of nitrogens with two attached hydrogens (primary N) is 1. The van der Waals surface area contributed by atoms with Crippen LogP contribution in [0.15, 0.2) is 18.2 Å². The van der Waals surface area contributed by atoms with E-state index in [0.717, 1.165) is 37.8 Å². The van der Waals surface area contributed by atoms with Crippen LogP contribution in [-0.4, -0.2) is 32.0 Å². The van der Waals surface area contributed by atoms with Crippen molar-refractivity contribution in [2.75, 3.05) is 30.4 Å². The number of methoxy groups -OCH3 is 1.